The molecule has 0 fully saturated rings. The second kappa shape index (κ2) is 6.32. The molecule has 4 rings (SSSR count). The van der Waals surface area contributed by atoms with Gasteiger partial charge >= 0.3 is 0 Å². The number of H-pyrrole nitrogens is 2. The molecule has 0 radical (unpaired) electrons. The van der Waals surface area contributed by atoms with E-state index in [-0.39, 0.29) is 10.5 Å². The fourth-order valence-electron chi connectivity index (χ4n) is 3.40. The molecule has 2 aromatic carbocycles. The summed E-state index contributed by atoms with van der Waals surface area (Å²) in [7, 11) is -3.46. The Labute approximate surface area is 165 Å². The summed E-state index contributed by atoms with van der Waals surface area (Å²) in [6, 6.07) is 11.4. The zero-order chi connectivity index (χ0) is 20.2. The van der Waals surface area contributed by atoms with Crippen molar-refractivity contribution in [3.05, 3.63) is 63.4 Å². The topological polar surface area (TPSA) is 99.9 Å². The fourth-order valence-corrected chi connectivity index (χ4v) is 4.24. The number of ketones is 1. The van der Waals surface area contributed by atoms with Crippen molar-refractivity contribution in [2.45, 2.75) is 11.8 Å². The number of halogens is 1. The Bertz CT molecular complexity index is 1450. The van der Waals surface area contributed by atoms with E-state index in [2.05, 4.69) is 9.97 Å². The van der Waals surface area contributed by atoms with E-state index in [4.69, 9.17) is 11.6 Å². The Balaban J connectivity index is 2.20. The van der Waals surface area contributed by atoms with Crippen LogP contribution in [0.25, 0.3) is 33.1 Å². The minimum atomic E-state index is -3.46. The van der Waals surface area contributed by atoms with Crippen LogP contribution in [-0.2, 0) is 9.84 Å². The molecule has 4 aromatic rings. The maximum Gasteiger partial charge on any atom is 0.260 e. The van der Waals surface area contributed by atoms with Gasteiger partial charge in [0.1, 0.15) is 0 Å². The van der Waals surface area contributed by atoms with Crippen LogP contribution in [0.2, 0.25) is 5.02 Å². The number of Topliss-reactive ketones (excluding diaryl/α,β-unsaturated/α-hetero) is 1. The normalized spacial score (nSPS) is 12.0. The number of fused-ring (bicyclic) bond motifs is 3. The Morgan fingerprint density at radius 2 is 1.79 bits per heavy atom. The lowest BCUT2D eigenvalue weighted by Crippen LogP contribution is -2.18. The Morgan fingerprint density at radius 3 is 2.46 bits per heavy atom. The largest absolute Gasteiger partial charge is 0.353 e. The summed E-state index contributed by atoms with van der Waals surface area (Å²) in [4.78, 5) is 31.1. The highest BCUT2D eigenvalue weighted by molar-refractivity contribution is 7.90. The van der Waals surface area contributed by atoms with Crippen LogP contribution in [0.4, 0.5) is 0 Å². The van der Waals surface area contributed by atoms with Crippen molar-refractivity contribution >= 4 is 49.2 Å². The van der Waals surface area contributed by atoms with Gasteiger partial charge in [0, 0.05) is 27.7 Å². The molecule has 28 heavy (non-hydrogen) atoms. The molecule has 0 saturated heterocycles. The predicted octanol–water partition coefficient (Wildman–Crippen LogP) is 3.94. The van der Waals surface area contributed by atoms with Gasteiger partial charge in [-0.05, 0) is 42.8 Å². The van der Waals surface area contributed by atoms with Crippen LogP contribution < -0.4 is 5.56 Å². The molecule has 0 aliphatic rings. The third-order valence-corrected chi connectivity index (χ3v) is 5.97. The van der Waals surface area contributed by atoms with E-state index in [1.54, 1.807) is 30.3 Å². The van der Waals surface area contributed by atoms with Gasteiger partial charge in [0.25, 0.3) is 5.56 Å². The first-order chi connectivity index (χ1) is 13.2. The van der Waals surface area contributed by atoms with E-state index in [1.165, 1.54) is 19.1 Å². The summed E-state index contributed by atoms with van der Waals surface area (Å²) in [5, 5.41) is 1.21. The summed E-state index contributed by atoms with van der Waals surface area (Å²) in [5.41, 5.74) is 2.03. The first-order valence-corrected chi connectivity index (χ1v) is 10.6. The van der Waals surface area contributed by atoms with Crippen molar-refractivity contribution in [3.8, 4) is 11.1 Å². The van der Waals surface area contributed by atoms with Gasteiger partial charge in [0.2, 0.25) is 0 Å². The third-order valence-electron chi connectivity index (χ3n) is 4.63. The third kappa shape index (κ3) is 2.93. The number of carbonyl (C=O) groups is 1. The molecule has 2 heterocycles. The Kier molecular flexibility index (Phi) is 4.17. The number of aromatic nitrogens is 2. The molecule has 0 bridgehead atoms. The average Bonchev–Trinajstić information content (AvgIpc) is 2.97. The average molecular weight is 415 g/mol. The molecule has 0 aliphatic heterocycles. The molecule has 0 amide bonds. The number of benzene rings is 2. The molecule has 0 unspecified atom stereocenters. The van der Waals surface area contributed by atoms with Crippen LogP contribution in [0.1, 0.15) is 17.3 Å². The minimum Gasteiger partial charge on any atom is -0.353 e. The Hall–Kier alpha value is -2.90. The van der Waals surface area contributed by atoms with E-state index in [0.29, 0.717) is 32.6 Å². The van der Waals surface area contributed by atoms with Gasteiger partial charge in [0.05, 0.1) is 21.5 Å². The highest BCUT2D eigenvalue weighted by atomic mass is 35.5. The van der Waals surface area contributed by atoms with Crippen LogP contribution in [0.15, 0.2) is 52.2 Å². The van der Waals surface area contributed by atoms with E-state index >= 15 is 0 Å². The number of nitrogens with one attached hydrogen (secondary N) is 2. The smallest absolute Gasteiger partial charge is 0.260 e. The lowest BCUT2D eigenvalue weighted by atomic mass is 9.97. The minimum absolute atomic E-state index is 0.0317. The summed E-state index contributed by atoms with van der Waals surface area (Å²) in [6.45, 7) is 1.31. The van der Waals surface area contributed by atoms with Gasteiger partial charge in [0.15, 0.2) is 15.6 Å². The van der Waals surface area contributed by atoms with E-state index in [1.807, 2.05) is 0 Å². The van der Waals surface area contributed by atoms with Crippen molar-refractivity contribution < 1.29 is 13.2 Å². The predicted molar refractivity (Wildman–Crippen MR) is 110 cm³/mol. The second-order valence-electron chi connectivity index (χ2n) is 6.63. The zero-order valence-electron chi connectivity index (χ0n) is 15.0. The fraction of sp³-hybridized carbons (Fsp3) is 0.100. The molecule has 0 saturated carbocycles. The van der Waals surface area contributed by atoms with E-state index in [0.717, 1.165) is 11.8 Å². The van der Waals surface area contributed by atoms with Crippen LogP contribution in [0, 0.1) is 0 Å². The molecule has 8 heteroatoms. The van der Waals surface area contributed by atoms with Crippen molar-refractivity contribution in [2.24, 2.45) is 0 Å². The highest BCUT2D eigenvalue weighted by Gasteiger charge is 2.21. The van der Waals surface area contributed by atoms with Crippen molar-refractivity contribution in [2.75, 3.05) is 6.26 Å². The molecule has 6 nitrogen and oxygen atoms in total. The quantitative estimate of drug-likeness (QED) is 0.496. The second-order valence-corrected chi connectivity index (χ2v) is 9.08. The van der Waals surface area contributed by atoms with E-state index < -0.39 is 21.2 Å². The summed E-state index contributed by atoms with van der Waals surface area (Å²) in [5.74, 6) is -0.417. The SMILES string of the molecule is CC(=O)c1c(-c2cccc(S(C)(=O)=O)c2)c2[nH]c3ccc(Cl)cc3c2[nH]c1=O. The summed E-state index contributed by atoms with van der Waals surface area (Å²) < 4.78 is 24.0. The maximum atomic E-state index is 12.7. The summed E-state index contributed by atoms with van der Waals surface area (Å²) >= 11 is 6.10. The molecule has 0 spiro atoms. The number of carbonyl (C=O) groups excluding carboxylic acids is 1. The molecule has 0 aliphatic carbocycles. The van der Waals surface area contributed by atoms with Crippen molar-refractivity contribution in [3.63, 3.8) is 0 Å². The van der Waals surface area contributed by atoms with Gasteiger partial charge < -0.3 is 9.97 Å². The van der Waals surface area contributed by atoms with Crippen LogP contribution in [0.5, 0.6) is 0 Å². The van der Waals surface area contributed by atoms with E-state index in [9.17, 15) is 18.0 Å². The summed E-state index contributed by atoms with van der Waals surface area (Å²) in [6.07, 6.45) is 1.11. The first kappa shape index (κ1) is 18.5. The Morgan fingerprint density at radius 1 is 1.04 bits per heavy atom. The molecule has 0 atom stereocenters. The molecule has 2 aromatic heterocycles. The number of sulfone groups is 1. The van der Waals surface area contributed by atoms with Gasteiger partial charge in [-0.2, -0.15) is 0 Å². The van der Waals surface area contributed by atoms with Crippen molar-refractivity contribution in [1.29, 1.82) is 0 Å². The number of pyridine rings is 1. The highest BCUT2D eigenvalue weighted by Crippen LogP contribution is 2.35. The number of rotatable bonds is 3. The lowest BCUT2D eigenvalue weighted by molar-refractivity contribution is 0.101. The van der Waals surface area contributed by atoms with Gasteiger partial charge in [-0.3, -0.25) is 9.59 Å². The number of hydrogen-bond acceptors (Lipinski definition) is 4. The first-order valence-electron chi connectivity index (χ1n) is 8.35. The van der Waals surface area contributed by atoms with Crippen molar-refractivity contribution in [1.82, 2.24) is 9.97 Å². The van der Waals surface area contributed by atoms with Crippen LogP contribution >= 0.6 is 11.6 Å². The maximum absolute atomic E-state index is 12.7. The zero-order valence-corrected chi connectivity index (χ0v) is 16.5. The van der Waals surface area contributed by atoms with Crippen LogP contribution in [0.3, 0.4) is 0 Å². The molecule has 142 valence electrons. The molecular weight excluding hydrogens is 400 g/mol. The van der Waals surface area contributed by atoms with Crippen LogP contribution in [-0.4, -0.2) is 30.4 Å². The number of aromatic amines is 2. The van der Waals surface area contributed by atoms with Gasteiger partial charge in [-0.25, -0.2) is 8.42 Å². The molecule has 2 N–H and O–H groups in total. The number of hydrogen-bond donors (Lipinski definition) is 2. The standard InChI is InChI=1S/C20H15ClN2O4S/c1-10(24)16-17(11-4-3-5-13(8-11)28(2,26)27)19-18(23-20(16)25)14-9-12(21)6-7-15(14)22-19/h3-9,22H,1-2H3,(H,23,25). The molecular formula is C20H15ClN2O4S. The van der Waals surface area contributed by atoms with Gasteiger partial charge in [-0.15, -0.1) is 0 Å². The lowest BCUT2D eigenvalue weighted by Gasteiger charge is -2.10. The van der Waals surface area contributed by atoms with Gasteiger partial charge in [-0.1, -0.05) is 23.7 Å². The monoisotopic (exact) mass is 414 g/mol.